The lowest BCUT2D eigenvalue weighted by atomic mass is 10.1. The zero-order valence-electron chi connectivity index (χ0n) is 16.0. The van der Waals surface area contributed by atoms with Gasteiger partial charge in [0.15, 0.2) is 5.75 Å². The number of halogens is 3. The van der Waals surface area contributed by atoms with Gasteiger partial charge in [0.05, 0.1) is 14.2 Å². The Kier molecular flexibility index (Phi) is 8.99. The average molecular weight is 449 g/mol. The molecular formula is C17H17BF3O8S. The van der Waals surface area contributed by atoms with E-state index in [0.29, 0.717) is 24.7 Å². The van der Waals surface area contributed by atoms with Gasteiger partial charge in [0.2, 0.25) is 0 Å². The smallest absolute Gasteiger partial charge is 0.537 e. The van der Waals surface area contributed by atoms with Gasteiger partial charge in [-0.2, -0.15) is 21.6 Å². The molecule has 0 aliphatic carbocycles. The van der Waals surface area contributed by atoms with E-state index in [4.69, 9.17) is 14.4 Å². The third kappa shape index (κ3) is 7.15. The Morgan fingerprint density at radius 2 is 1.70 bits per heavy atom. The minimum atomic E-state index is -5.84. The molecule has 1 N–H and O–H groups in total. The first-order valence-corrected chi connectivity index (χ1v) is 9.32. The Labute approximate surface area is 171 Å². The summed E-state index contributed by atoms with van der Waals surface area (Å²) in [5, 5.41) is 8.30. The van der Waals surface area contributed by atoms with E-state index in [1.807, 2.05) is 0 Å². The second kappa shape index (κ2) is 10.7. The van der Waals surface area contributed by atoms with Crippen LogP contribution in [-0.2, 0) is 14.9 Å². The number of hydrogen-bond donors (Lipinski definition) is 1. The molecule has 0 heterocycles. The predicted octanol–water partition coefficient (Wildman–Crippen LogP) is 2.61. The summed E-state index contributed by atoms with van der Waals surface area (Å²) >= 11 is 0. The zero-order valence-corrected chi connectivity index (χ0v) is 16.8. The molecule has 0 bridgehead atoms. The van der Waals surface area contributed by atoms with Crippen LogP contribution in [0.4, 0.5) is 13.2 Å². The maximum Gasteiger partial charge on any atom is 0.569 e. The molecule has 1 radical (unpaired) electrons. The quantitative estimate of drug-likeness (QED) is 0.311. The van der Waals surface area contributed by atoms with Crippen molar-refractivity contribution < 1.29 is 49.7 Å². The number of esters is 1. The maximum absolute atomic E-state index is 12.2. The first-order valence-electron chi connectivity index (χ1n) is 7.91. The Bertz CT molecular complexity index is 964. The fourth-order valence-corrected chi connectivity index (χ4v) is 2.35. The van der Waals surface area contributed by atoms with Crippen LogP contribution in [0.5, 0.6) is 17.2 Å². The minimum absolute atomic E-state index is 0.416. The lowest BCUT2D eigenvalue weighted by molar-refractivity contribution is -0.0500. The van der Waals surface area contributed by atoms with E-state index in [-0.39, 0.29) is 0 Å². The van der Waals surface area contributed by atoms with Crippen LogP contribution in [0, 0.1) is 6.92 Å². The first-order chi connectivity index (χ1) is 13.9. The van der Waals surface area contributed by atoms with Crippen molar-refractivity contribution in [3.05, 3.63) is 53.6 Å². The van der Waals surface area contributed by atoms with Crippen molar-refractivity contribution in [2.45, 2.75) is 12.4 Å². The van der Waals surface area contributed by atoms with Crippen LogP contribution in [-0.4, -0.2) is 46.8 Å². The summed E-state index contributed by atoms with van der Waals surface area (Å²) in [5.41, 5.74) is -5.58. The lowest BCUT2D eigenvalue weighted by Gasteiger charge is -2.12. The van der Waals surface area contributed by atoms with Crippen LogP contribution >= 0.6 is 0 Å². The molecule has 0 saturated carbocycles. The molecule has 163 valence electrons. The third-order valence-corrected chi connectivity index (χ3v) is 4.22. The molecule has 2 rings (SSSR count). The summed E-state index contributed by atoms with van der Waals surface area (Å²) < 4.78 is 76.3. The normalized spacial score (nSPS) is 10.9. The molecule has 0 aromatic heterocycles. The van der Waals surface area contributed by atoms with Gasteiger partial charge in [-0.15, -0.1) is 0 Å². The van der Waals surface area contributed by atoms with Crippen LogP contribution in [0.3, 0.4) is 0 Å². The molecule has 0 atom stereocenters. The largest absolute Gasteiger partial charge is 0.569 e. The number of methoxy groups -OCH3 is 2. The van der Waals surface area contributed by atoms with E-state index in [0.717, 1.165) is 19.2 Å². The van der Waals surface area contributed by atoms with Gasteiger partial charge in [-0.05, 0) is 36.8 Å². The highest BCUT2D eigenvalue weighted by atomic mass is 32.2. The van der Waals surface area contributed by atoms with E-state index >= 15 is 0 Å². The van der Waals surface area contributed by atoms with Gasteiger partial charge in [0.1, 0.15) is 17.1 Å². The summed E-state index contributed by atoms with van der Waals surface area (Å²) in [6.45, 7) is 1.49. The summed E-state index contributed by atoms with van der Waals surface area (Å²) in [7, 11) is -2.63. The van der Waals surface area contributed by atoms with Crippen molar-refractivity contribution in [1.82, 2.24) is 0 Å². The molecule has 30 heavy (non-hydrogen) atoms. The van der Waals surface area contributed by atoms with Gasteiger partial charge in [-0.3, -0.25) is 0 Å². The van der Waals surface area contributed by atoms with Crippen molar-refractivity contribution in [1.29, 1.82) is 0 Å². The third-order valence-electron chi connectivity index (χ3n) is 3.26. The van der Waals surface area contributed by atoms with Gasteiger partial charge in [-0.25, -0.2) is 4.79 Å². The summed E-state index contributed by atoms with van der Waals surface area (Å²) in [6, 6.07) is 10.5. The number of carbonyl (C=O) groups excluding carboxylic acids is 1. The highest BCUT2D eigenvalue weighted by molar-refractivity contribution is 7.88. The van der Waals surface area contributed by atoms with E-state index in [2.05, 4.69) is 8.92 Å². The average Bonchev–Trinajstić information content (AvgIpc) is 2.67. The number of aryl methyl sites for hydroxylation is 1. The van der Waals surface area contributed by atoms with E-state index < -0.39 is 32.9 Å². The predicted molar refractivity (Wildman–Crippen MR) is 99.7 cm³/mol. The van der Waals surface area contributed by atoms with Gasteiger partial charge in [0.25, 0.3) is 0 Å². The van der Waals surface area contributed by atoms with E-state index in [1.54, 1.807) is 31.4 Å². The molecule has 13 heteroatoms. The Morgan fingerprint density at radius 3 is 2.23 bits per heavy atom. The molecule has 0 unspecified atom stereocenters. The number of hydrogen-bond acceptors (Lipinski definition) is 8. The molecule has 0 saturated heterocycles. The topological polar surface area (TPSA) is 108 Å². The Balaban J connectivity index is 0.000000346. The van der Waals surface area contributed by atoms with Crippen molar-refractivity contribution in [2.75, 3.05) is 14.2 Å². The number of carbonyl (C=O) groups is 1. The second-order valence-electron chi connectivity index (χ2n) is 5.38. The molecule has 8 nitrogen and oxygen atoms in total. The summed E-state index contributed by atoms with van der Waals surface area (Å²) in [4.78, 5) is 11.3. The van der Waals surface area contributed by atoms with Crippen LogP contribution in [0.15, 0.2) is 42.5 Å². The molecule has 0 amide bonds. The monoisotopic (exact) mass is 449 g/mol. The molecule has 0 aliphatic heterocycles. The first kappa shape index (κ1) is 25.1. The molecular weight excluding hydrogens is 432 g/mol. The second-order valence-corrected chi connectivity index (χ2v) is 6.91. The highest BCUT2D eigenvalue weighted by Crippen LogP contribution is 2.30. The van der Waals surface area contributed by atoms with Gasteiger partial charge in [0, 0.05) is 6.07 Å². The van der Waals surface area contributed by atoms with E-state index in [9.17, 15) is 26.4 Å². The van der Waals surface area contributed by atoms with E-state index in [1.165, 1.54) is 13.0 Å². The fraction of sp³-hybridized carbons (Fsp3) is 0.235. The zero-order chi connectivity index (χ0) is 22.9. The number of rotatable bonds is 6. The van der Waals surface area contributed by atoms with Crippen LogP contribution in [0.1, 0.15) is 15.9 Å². The minimum Gasteiger partial charge on any atom is -0.537 e. The van der Waals surface area contributed by atoms with Crippen molar-refractivity contribution >= 4 is 23.8 Å². The number of alkyl halides is 3. The molecule has 2 aromatic carbocycles. The maximum atomic E-state index is 12.2. The summed E-state index contributed by atoms with van der Waals surface area (Å²) in [6.07, 6.45) is 0. The molecule has 0 spiro atoms. The summed E-state index contributed by atoms with van der Waals surface area (Å²) in [5.74, 6) is -0.493. The van der Waals surface area contributed by atoms with Crippen LogP contribution in [0.2, 0.25) is 0 Å². The van der Waals surface area contributed by atoms with Gasteiger partial charge in [-0.1, -0.05) is 12.1 Å². The standard InChI is InChI=1S/C10H9F3O5S.C7H8BO3/c1-6-3-4-7(9(14)17-2)8(5-6)18-19(15,16)10(11,12)13;1-10-6-3-2-4-7(5-6)11-8-9/h3-5H,1-2H3;2-5,9H,1H3. The van der Waals surface area contributed by atoms with Crippen molar-refractivity contribution in [2.24, 2.45) is 0 Å². The van der Waals surface area contributed by atoms with Gasteiger partial charge < -0.3 is 23.3 Å². The SMILES string of the molecule is COC(=O)c1ccc(C)cc1OS(=O)(=O)C(F)(F)F.COc1cccc(O[B]O)c1. The molecule has 0 fully saturated rings. The van der Waals surface area contributed by atoms with Crippen molar-refractivity contribution in [3.8, 4) is 17.2 Å². The lowest BCUT2D eigenvalue weighted by Crippen LogP contribution is -2.28. The molecule has 2 aromatic rings. The fourth-order valence-electron chi connectivity index (χ4n) is 1.88. The van der Waals surface area contributed by atoms with Gasteiger partial charge >= 0.3 is 29.3 Å². The number of benzene rings is 2. The highest BCUT2D eigenvalue weighted by Gasteiger charge is 2.49. The molecule has 0 aliphatic rings. The Morgan fingerprint density at radius 1 is 1.07 bits per heavy atom. The Hall–Kier alpha value is -2.93. The van der Waals surface area contributed by atoms with Crippen LogP contribution in [0.25, 0.3) is 0 Å². The van der Waals surface area contributed by atoms with Crippen LogP contribution < -0.4 is 13.6 Å². The van der Waals surface area contributed by atoms with Crippen molar-refractivity contribution in [3.63, 3.8) is 0 Å². The number of ether oxygens (including phenoxy) is 2.